The van der Waals surface area contributed by atoms with Gasteiger partial charge in [0.2, 0.25) is 5.89 Å². The molecule has 6 nitrogen and oxygen atoms in total. The molecule has 0 spiro atoms. The fourth-order valence-electron chi connectivity index (χ4n) is 3.32. The lowest BCUT2D eigenvalue weighted by atomic mass is 10.2. The molecular formula is C14H17N5O. The van der Waals surface area contributed by atoms with Gasteiger partial charge >= 0.3 is 0 Å². The molecule has 0 N–H and O–H groups in total. The summed E-state index contributed by atoms with van der Waals surface area (Å²) in [6.07, 6.45) is 7.19. The van der Waals surface area contributed by atoms with Crippen molar-refractivity contribution in [2.45, 2.75) is 45.1 Å². The van der Waals surface area contributed by atoms with Crippen molar-refractivity contribution in [1.82, 2.24) is 20.1 Å². The van der Waals surface area contributed by atoms with Crippen LogP contribution in [0.2, 0.25) is 0 Å². The molecule has 2 aliphatic rings. The zero-order valence-electron chi connectivity index (χ0n) is 11.5. The lowest BCUT2D eigenvalue weighted by Gasteiger charge is -2.24. The van der Waals surface area contributed by atoms with E-state index in [1.807, 2.05) is 6.92 Å². The number of fused-ring (bicyclic) bond motifs is 1. The number of hydrogen-bond acceptors (Lipinski definition) is 6. The van der Waals surface area contributed by atoms with Crippen LogP contribution < -0.4 is 4.90 Å². The average molecular weight is 271 g/mol. The molecule has 104 valence electrons. The molecule has 3 heterocycles. The van der Waals surface area contributed by atoms with Gasteiger partial charge < -0.3 is 9.42 Å². The number of rotatable bonds is 2. The Kier molecular flexibility index (Phi) is 2.68. The van der Waals surface area contributed by atoms with Gasteiger partial charge in [-0.05, 0) is 39.0 Å². The lowest BCUT2D eigenvalue weighted by Crippen LogP contribution is -2.25. The Balaban J connectivity index is 1.72. The van der Waals surface area contributed by atoms with Crippen LogP contribution in [0, 0.1) is 6.92 Å². The summed E-state index contributed by atoms with van der Waals surface area (Å²) in [6, 6.07) is 0.163. The third-order valence-corrected chi connectivity index (χ3v) is 4.21. The molecule has 1 aliphatic heterocycles. The Morgan fingerprint density at radius 2 is 2.20 bits per heavy atom. The second-order valence-electron chi connectivity index (χ2n) is 5.51. The molecule has 1 fully saturated rings. The van der Waals surface area contributed by atoms with Crippen molar-refractivity contribution >= 4 is 5.82 Å². The topological polar surface area (TPSA) is 67.9 Å². The van der Waals surface area contributed by atoms with E-state index in [4.69, 9.17) is 4.52 Å². The van der Waals surface area contributed by atoms with Crippen molar-refractivity contribution in [3.63, 3.8) is 0 Å². The minimum Gasteiger partial charge on any atom is -0.344 e. The zero-order valence-corrected chi connectivity index (χ0v) is 11.5. The van der Waals surface area contributed by atoms with Crippen LogP contribution in [0.5, 0.6) is 0 Å². The minimum atomic E-state index is 0.163. The fourth-order valence-corrected chi connectivity index (χ4v) is 3.32. The van der Waals surface area contributed by atoms with E-state index in [0.717, 1.165) is 38.0 Å². The molecular weight excluding hydrogens is 254 g/mol. The quantitative estimate of drug-likeness (QED) is 0.832. The molecule has 2 aromatic heterocycles. The highest BCUT2D eigenvalue weighted by Crippen LogP contribution is 2.38. The summed E-state index contributed by atoms with van der Waals surface area (Å²) in [5, 5.41) is 3.92. The van der Waals surface area contributed by atoms with E-state index >= 15 is 0 Å². The van der Waals surface area contributed by atoms with Crippen LogP contribution >= 0.6 is 0 Å². The number of nitrogens with zero attached hydrogens (tertiary/aromatic N) is 5. The van der Waals surface area contributed by atoms with Gasteiger partial charge in [-0.1, -0.05) is 5.16 Å². The summed E-state index contributed by atoms with van der Waals surface area (Å²) in [7, 11) is 0. The maximum atomic E-state index is 5.37. The second kappa shape index (κ2) is 4.54. The van der Waals surface area contributed by atoms with E-state index in [9.17, 15) is 0 Å². The maximum Gasteiger partial charge on any atom is 0.249 e. The standard InChI is InChI=1S/C14H17N5O/c1-9-17-14(20-18-9)12-6-3-7-19(12)13-10-4-2-5-11(10)15-8-16-13/h8,12H,2-7H2,1H3. The van der Waals surface area contributed by atoms with Gasteiger partial charge in [0.25, 0.3) is 0 Å². The third-order valence-electron chi connectivity index (χ3n) is 4.21. The van der Waals surface area contributed by atoms with E-state index in [0.29, 0.717) is 11.7 Å². The molecule has 1 saturated heterocycles. The molecule has 0 aromatic carbocycles. The van der Waals surface area contributed by atoms with E-state index < -0.39 is 0 Å². The summed E-state index contributed by atoms with van der Waals surface area (Å²) in [6.45, 7) is 2.85. The highest BCUT2D eigenvalue weighted by molar-refractivity contribution is 5.52. The molecule has 0 amide bonds. The smallest absolute Gasteiger partial charge is 0.249 e. The van der Waals surface area contributed by atoms with Gasteiger partial charge in [-0.2, -0.15) is 4.98 Å². The molecule has 1 aliphatic carbocycles. The first-order chi connectivity index (χ1) is 9.83. The van der Waals surface area contributed by atoms with Gasteiger partial charge in [-0.15, -0.1) is 0 Å². The molecule has 20 heavy (non-hydrogen) atoms. The van der Waals surface area contributed by atoms with Gasteiger partial charge in [-0.25, -0.2) is 9.97 Å². The summed E-state index contributed by atoms with van der Waals surface area (Å²) < 4.78 is 5.37. The first-order valence-corrected chi connectivity index (χ1v) is 7.22. The molecule has 2 aromatic rings. The molecule has 1 unspecified atom stereocenters. The highest BCUT2D eigenvalue weighted by atomic mass is 16.5. The molecule has 0 saturated carbocycles. The Morgan fingerprint density at radius 3 is 3.05 bits per heavy atom. The minimum absolute atomic E-state index is 0.163. The van der Waals surface area contributed by atoms with Crippen LogP contribution in [-0.4, -0.2) is 26.7 Å². The SMILES string of the molecule is Cc1noc(C2CCCN2c2ncnc3c2CCC3)n1. The van der Waals surface area contributed by atoms with Crippen LogP contribution in [0.1, 0.15) is 48.3 Å². The normalized spacial score (nSPS) is 21.4. The molecule has 1 atom stereocenters. The van der Waals surface area contributed by atoms with Crippen molar-refractivity contribution in [2.24, 2.45) is 0 Å². The van der Waals surface area contributed by atoms with Crippen molar-refractivity contribution in [3.05, 3.63) is 29.3 Å². The van der Waals surface area contributed by atoms with Crippen LogP contribution in [-0.2, 0) is 12.8 Å². The van der Waals surface area contributed by atoms with Crippen LogP contribution in [0.25, 0.3) is 0 Å². The van der Waals surface area contributed by atoms with Crippen molar-refractivity contribution in [3.8, 4) is 0 Å². The van der Waals surface area contributed by atoms with Gasteiger partial charge in [0.05, 0.1) is 0 Å². The fraction of sp³-hybridized carbons (Fsp3) is 0.571. The third kappa shape index (κ3) is 1.78. The number of anilines is 1. The molecule has 4 rings (SSSR count). The van der Waals surface area contributed by atoms with E-state index in [1.54, 1.807) is 6.33 Å². The van der Waals surface area contributed by atoms with Crippen LogP contribution in [0.4, 0.5) is 5.82 Å². The lowest BCUT2D eigenvalue weighted by molar-refractivity contribution is 0.351. The van der Waals surface area contributed by atoms with Gasteiger partial charge in [0, 0.05) is 17.8 Å². The molecule has 0 radical (unpaired) electrons. The van der Waals surface area contributed by atoms with E-state index in [-0.39, 0.29) is 6.04 Å². The Morgan fingerprint density at radius 1 is 1.25 bits per heavy atom. The summed E-state index contributed by atoms with van der Waals surface area (Å²) >= 11 is 0. The molecule has 0 bridgehead atoms. The number of hydrogen-bond donors (Lipinski definition) is 0. The monoisotopic (exact) mass is 271 g/mol. The van der Waals surface area contributed by atoms with Crippen molar-refractivity contribution < 1.29 is 4.52 Å². The van der Waals surface area contributed by atoms with Gasteiger partial charge in [-0.3, -0.25) is 0 Å². The second-order valence-corrected chi connectivity index (χ2v) is 5.51. The van der Waals surface area contributed by atoms with Gasteiger partial charge in [0.15, 0.2) is 5.82 Å². The summed E-state index contributed by atoms with van der Waals surface area (Å²) in [5.74, 6) is 2.48. The summed E-state index contributed by atoms with van der Waals surface area (Å²) in [4.78, 5) is 15.7. The largest absolute Gasteiger partial charge is 0.344 e. The predicted octanol–water partition coefficient (Wildman–Crippen LogP) is 2.00. The first kappa shape index (κ1) is 11.8. The van der Waals surface area contributed by atoms with Crippen LogP contribution in [0.15, 0.2) is 10.9 Å². The zero-order chi connectivity index (χ0) is 13.5. The van der Waals surface area contributed by atoms with Gasteiger partial charge in [0.1, 0.15) is 18.2 Å². The Bertz CT molecular complexity index is 638. The average Bonchev–Trinajstić information content (AvgIpc) is 3.17. The number of aromatic nitrogens is 4. The molecule has 6 heteroatoms. The van der Waals surface area contributed by atoms with E-state index in [1.165, 1.54) is 17.7 Å². The highest BCUT2D eigenvalue weighted by Gasteiger charge is 2.33. The maximum absolute atomic E-state index is 5.37. The number of aryl methyl sites for hydroxylation is 2. The first-order valence-electron chi connectivity index (χ1n) is 7.22. The Hall–Kier alpha value is -1.98. The van der Waals surface area contributed by atoms with E-state index in [2.05, 4.69) is 25.0 Å². The Labute approximate surface area is 117 Å². The van der Waals surface area contributed by atoms with Crippen LogP contribution in [0.3, 0.4) is 0 Å². The van der Waals surface area contributed by atoms with Crippen molar-refractivity contribution in [2.75, 3.05) is 11.4 Å². The van der Waals surface area contributed by atoms with Crippen molar-refractivity contribution in [1.29, 1.82) is 0 Å². The summed E-state index contributed by atoms with van der Waals surface area (Å²) in [5.41, 5.74) is 2.53. The predicted molar refractivity (Wildman–Crippen MR) is 72.4 cm³/mol.